The van der Waals surface area contributed by atoms with Gasteiger partial charge in [-0.3, -0.25) is 5.43 Å². The lowest BCUT2D eigenvalue weighted by molar-refractivity contribution is 0.822. The van der Waals surface area contributed by atoms with Gasteiger partial charge in [-0.1, -0.05) is 0 Å². The molecule has 1 aromatic heterocycles. The van der Waals surface area contributed by atoms with Crippen LogP contribution < -0.4 is 21.1 Å². The van der Waals surface area contributed by atoms with E-state index in [0.717, 1.165) is 19.0 Å². The third-order valence-corrected chi connectivity index (χ3v) is 3.54. The Hall–Kier alpha value is -1.63. The summed E-state index contributed by atoms with van der Waals surface area (Å²) in [5.41, 5.74) is 2.53. The van der Waals surface area contributed by atoms with E-state index < -0.39 is 0 Å². The molecule has 1 aromatic rings. The van der Waals surface area contributed by atoms with Gasteiger partial charge in [0.15, 0.2) is 0 Å². The molecular weight excluding hydrogens is 230 g/mol. The number of aromatic nitrogens is 3. The number of anilines is 3. The second-order valence-electron chi connectivity index (χ2n) is 4.94. The van der Waals surface area contributed by atoms with Gasteiger partial charge in [-0.15, -0.1) is 0 Å². The van der Waals surface area contributed by atoms with Crippen molar-refractivity contribution < 1.29 is 0 Å². The molecule has 0 radical (unpaired) electrons. The number of nitrogens with one attached hydrogen (secondary N) is 1. The van der Waals surface area contributed by atoms with Crippen LogP contribution in [0.4, 0.5) is 17.8 Å². The van der Waals surface area contributed by atoms with Crippen molar-refractivity contribution in [2.75, 3.05) is 35.4 Å². The van der Waals surface area contributed by atoms with Gasteiger partial charge in [-0.2, -0.15) is 15.0 Å². The van der Waals surface area contributed by atoms with Crippen LogP contribution in [0.5, 0.6) is 0 Å². The van der Waals surface area contributed by atoms with Crippen LogP contribution in [-0.4, -0.2) is 41.1 Å². The molecule has 1 aliphatic carbocycles. The van der Waals surface area contributed by atoms with E-state index in [9.17, 15) is 0 Å². The fourth-order valence-corrected chi connectivity index (χ4v) is 2.26. The molecule has 3 rings (SSSR count). The Labute approximate surface area is 106 Å². The van der Waals surface area contributed by atoms with Crippen LogP contribution in [0.3, 0.4) is 0 Å². The predicted octanol–water partition coefficient (Wildman–Crippen LogP) is 0.356. The van der Waals surface area contributed by atoms with Crippen molar-refractivity contribution in [2.24, 2.45) is 5.84 Å². The summed E-state index contributed by atoms with van der Waals surface area (Å²) < 4.78 is 0. The summed E-state index contributed by atoms with van der Waals surface area (Å²) in [6, 6.07) is 0.574. The molecular formula is C11H19N7. The molecule has 3 N–H and O–H groups in total. The van der Waals surface area contributed by atoms with E-state index in [1.807, 2.05) is 7.05 Å². The minimum absolute atomic E-state index is 0.439. The molecule has 0 unspecified atom stereocenters. The number of nitrogens with two attached hydrogens (primary N) is 1. The molecule has 0 aromatic carbocycles. The molecule has 1 saturated carbocycles. The highest BCUT2D eigenvalue weighted by atomic mass is 15.4. The smallest absolute Gasteiger partial charge is 0.243 e. The highest BCUT2D eigenvalue weighted by molar-refractivity contribution is 5.46. The Morgan fingerprint density at radius 1 is 1.22 bits per heavy atom. The van der Waals surface area contributed by atoms with Crippen molar-refractivity contribution in [3.63, 3.8) is 0 Å². The van der Waals surface area contributed by atoms with E-state index in [2.05, 4.69) is 30.2 Å². The lowest BCUT2D eigenvalue weighted by Crippen LogP contribution is -2.27. The average molecular weight is 249 g/mol. The van der Waals surface area contributed by atoms with Gasteiger partial charge in [-0.25, -0.2) is 5.84 Å². The first-order valence-electron chi connectivity index (χ1n) is 6.48. The minimum atomic E-state index is 0.439. The van der Waals surface area contributed by atoms with Crippen LogP contribution in [-0.2, 0) is 0 Å². The molecule has 1 saturated heterocycles. The number of nitrogen functional groups attached to an aromatic ring is 1. The summed E-state index contributed by atoms with van der Waals surface area (Å²) >= 11 is 0. The van der Waals surface area contributed by atoms with Gasteiger partial charge >= 0.3 is 0 Å². The zero-order valence-electron chi connectivity index (χ0n) is 10.6. The average Bonchev–Trinajstić information content (AvgIpc) is 3.11. The van der Waals surface area contributed by atoms with E-state index in [1.54, 1.807) is 0 Å². The molecule has 2 fully saturated rings. The molecule has 0 amide bonds. The summed E-state index contributed by atoms with van der Waals surface area (Å²) in [7, 11) is 2.03. The van der Waals surface area contributed by atoms with E-state index in [1.165, 1.54) is 25.7 Å². The first kappa shape index (κ1) is 11.5. The third-order valence-electron chi connectivity index (χ3n) is 3.54. The minimum Gasteiger partial charge on any atom is -0.341 e. The van der Waals surface area contributed by atoms with E-state index in [0.29, 0.717) is 17.9 Å². The van der Waals surface area contributed by atoms with Crippen LogP contribution in [0.15, 0.2) is 0 Å². The summed E-state index contributed by atoms with van der Waals surface area (Å²) in [5, 5.41) is 0. The highest BCUT2D eigenvalue weighted by Gasteiger charge is 2.29. The van der Waals surface area contributed by atoms with Crippen molar-refractivity contribution in [3.05, 3.63) is 0 Å². The SMILES string of the molecule is CN(c1nc(NN)nc(N2CCCC2)n1)C1CC1. The van der Waals surface area contributed by atoms with Crippen LogP contribution >= 0.6 is 0 Å². The number of hydrazine groups is 1. The molecule has 1 aliphatic heterocycles. The van der Waals surface area contributed by atoms with Gasteiger partial charge < -0.3 is 9.80 Å². The second-order valence-corrected chi connectivity index (χ2v) is 4.94. The summed E-state index contributed by atoms with van der Waals surface area (Å²) in [5.74, 6) is 7.32. The molecule has 2 aliphatic rings. The highest BCUT2D eigenvalue weighted by Crippen LogP contribution is 2.29. The summed E-state index contributed by atoms with van der Waals surface area (Å²) in [6.07, 6.45) is 4.83. The molecule has 0 spiro atoms. The maximum atomic E-state index is 5.44. The quantitative estimate of drug-likeness (QED) is 0.588. The Morgan fingerprint density at radius 3 is 2.56 bits per heavy atom. The van der Waals surface area contributed by atoms with Gasteiger partial charge in [0.25, 0.3) is 0 Å². The van der Waals surface area contributed by atoms with Crippen molar-refractivity contribution in [1.29, 1.82) is 0 Å². The predicted molar refractivity (Wildman–Crippen MR) is 70.5 cm³/mol. The lowest BCUT2D eigenvalue weighted by Gasteiger charge is -2.20. The third kappa shape index (κ3) is 2.17. The Bertz CT molecular complexity index is 405. The van der Waals surface area contributed by atoms with E-state index in [4.69, 9.17) is 5.84 Å². The Kier molecular flexibility index (Phi) is 2.91. The van der Waals surface area contributed by atoms with Gasteiger partial charge in [0.2, 0.25) is 17.8 Å². The lowest BCUT2D eigenvalue weighted by atomic mass is 10.4. The molecule has 0 bridgehead atoms. The molecule has 7 heteroatoms. The molecule has 98 valence electrons. The molecule has 7 nitrogen and oxygen atoms in total. The number of hydrogen-bond acceptors (Lipinski definition) is 7. The summed E-state index contributed by atoms with van der Waals surface area (Å²) in [6.45, 7) is 2.03. The molecule has 2 heterocycles. The first-order valence-corrected chi connectivity index (χ1v) is 6.48. The van der Waals surface area contributed by atoms with Crippen molar-refractivity contribution in [2.45, 2.75) is 31.7 Å². The Balaban J connectivity index is 1.90. The van der Waals surface area contributed by atoms with Gasteiger partial charge in [0.05, 0.1) is 0 Å². The Morgan fingerprint density at radius 2 is 1.94 bits per heavy atom. The largest absolute Gasteiger partial charge is 0.341 e. The van der Waals surface area contributed by atoms with Gasteiger partial charge in [0, 0.05) is 26.2 Å². The van der Waals surface area contributed by atoms with Crippen molar-refractivity contribution in [3.8, 4) is 0 Å². The van der Waals surface area contributed by atoms with Crippen LogP contribution in [0, 0.1) is 0 Å². The van der Waals surface area contributed by atoms with Gasteiger partial charge in [0.1, 0.15) is 0 Å². The standard InChI is InChI=1S/C11H19N7/c1-17(8-4-5-8)10-13-9(16-12)14-11(15-10)18-6-2-3-7-18/h8H,2-7,12H2,1H3,(H,13,14,15,16). The van der Waals surface area contributed by atoms with Crippen LogP contribution in [0.25, 0.3) is 0 Å². The number of rotatable bonds is 4. The molecule has 0 atom stereocenters. The van der Waals surface area contributed by atoms with Crippen molar-refractivity contribution >= 4 is 17.8 Å². The zero-order valence-corrected chi connectivity index (χ0v) is 10.6. The topological polar surface area (TPSA) is 83.2 Å². The number of nitrogens with zero attached hydrogens (tertiary/aromatic N) is 5. The van der Waals surface area contributed by atoms with Gasteiger partial charge in [-0.05, 0) is 25.7 Å². The number of hydrogen-bond donors (Lipinski definition) is 2. The van der Waals surface area contributed by atoms with E-state index >= 15 is 0 Å². The molecule has 18 heavy (non-hydrogen) atoms. The fraction of sp³-hybridized carbons (Fsp3) is 0.727. The summed E-state index contributed by atoms with van der Waals surface area (Å²) in [4.78, 5) is 17.5. The van der Waals surface area contributed by atoms with Crippen LogP contribution in [0.2, 0.25) is 0 Å². The first-order chi connectivity index (χ1) is 8.78. The maximum absolute atomic E-state index is 5.44. The van der Waals surface area contributed by atoms with Crippen LogP contribution in [0.1, 0.15) is 25.7 Å². The van der Waals surface area contributed by atoms with Crippen molar-refractivity contribution in [1.82, 2.24) is 15.0 Å². The fourth-order valence-electron chi connectivity index (χ4n) is 2.26. The van der Waals surface area contributed by atoms with E-state index in [-0.39, 0.29) is 0 Å². The monoisotopic (exact) mass is 249 g/mol. The second kappa shape index (κ2) is 4.56. The zero-order chi connectivity index (χ0) is 12.5. The maximum Gasteiger partial charge on any atom is 0.243 e. The normalized spacial score (nSPS) is 19.1.